The minimum atomic E-state index is -0.853. The van der Waals surface area contributed by atoms with E-state index in [2.05, 4.69) is 6.07 Å². The zero-order chi connectivity index (χ0) is 20.7. The summed E-state index contributed by atoms with van der Waals surface area (Å²) in [4.78, 5) is 0. The molecular formula is C27H15FN2. The van der Waals surface area contributed by atoms with Crippen LogP contribution in [-0.4, -0.2) is 0 Å². The van der Waals surface area contributed by atoms with Gasteiger partial charge < -0.3 is 0 Å². The second-order valence-corrected chi connectivity index (χ2v) is 7.29. The summed E-state index contributed by atoms with van der Waals surface area (Å²) in [6.45, 7) is 0. The molecule has 0 amide bonds. The molecule has 2 nitrogen and oxygen atoms in total. The lowest BCUT2D eigenvalue weighted by molar-refractivity contribution is 0.624. The molecule has 1 aliphatic carbocycles. The van der Waals surface area contributed by atoms with Gasteiger partial charge in [-0.25, -0.2) is 4.39 Å². The summed E-state index contributed by atoms with van der Waals surface area (Å²) in [5.74, 6) is -0.576. The van der Waals surface area contributed by atoms with Crippen LogP contribution in [0.4, 0.5) is 4.39 Å². The van der Waals surface area contributed by atoms with Gasteiger partial charge in [0.15, 0.2) is 0 Å². The first-order valence-electron chi connectivity index (χ1n) is 9.61. The molecule has 0 heterocycles. The van der Waals surface area contributed by atoms with E-state index in [1.165, 1.54) is 6.07 Å². The molecule has 4 aromatic rings. The van der Waals surface area contributed by atoms with Crippen molar-refractivity contribution < 1.29 is 4.39 Å². The second-order valence-electron chi connectivity index (χ2n) is 7.29. The number of hydrogen-bond acceptors (Lipinski definition) is 2. The van der Waals surface area contributed by atoms with Crippen LogP contribution in [0.3, 0.4) is 0 Å². The van der Waals surface area contributed by atoms with Crippen molar-refractivity contribution in [2.75, 3.05) is 0 Å². The van der Waals surface area contributed by atoms with E-state index in [1.807, 2.05) is 91.0 Å². The third-order valence-corrected chi connectivity index (χ3v) is 5.89. The largest absolute Gasteiger partial charge is 0.205 e. The molecule has 0 fully saturated rings. The average Bonchev–Trinajstić information content (AvgIpc) is 3.13. The van der Waals surface area contributed by atoms with E-state index in [9.17, 15) is 10.5 Å². The molecule has 0 saturated carbocycles. The van der Waals surface area contributed by atoms with Crippen LogP contribution < -0.4 is 0 Å². The van der Waals surface area contributed by atoms with Crippen molar-refractivity contribution in [3.63, 3.8) is 0 Å². The van der Waals surface area contributed by atoms with Crippen LogP contribution in [0.5, 0.6) is 0 Å². The Balaban J connectivity index is 2.07. The lowest BCUT2D eigenvalue weighted by Gasteiger charge is -2.34. The Bertz CT molecular complexity index is 1320. The molecule has 0 bridgehead atoms. The van der Waals surface area contributed by atoms with E-state index in [0.29, 0.717) is 22.3 Å². The SMILES string of the molecule is N#Cc1cc(C#N)c2c(c1F)-c1ccccc1C2(c1ccccc1)c1ccccc1. The fourth-order valence-electron chi connectivity index (χ4n) is 4.78. The van der Waals surface area contributed by atoms with Gasteiger partial charge in [-0.3, -0.25) is 0 Å². The maximum atomic E-state index is 15.6. The minimum Gasteiger partial charge on any atom is -0.205 e. The van der Waals surface area contributed by atoms with Crippen LogP contribution in [-0.2, 0) is 5.41 Å². The van der Waals surface area contributed by atoms with E-state index < -0.39 is 11.2 Å². The topological polar surface area (TPSA) is 47.6 Å². The second kappa shape index (κ2) is 6.69. The van der Waals surface area contributed by atoms with Crippen LogP contribution in [0.2, 0.25) is 0 Å². The highest BCUT2D eigenvalue weighted by atomic mass is 19.1. The van der Waals surface area contributed by atoms with Crippen molar-refractivity contribution in [3.8, 4) is 23.3 Å². The molecule has 0 aromatic heterocycles. The number of rotatable bonds is 2. The van der Waals surface area contributed by atoms with Gasteiger partial charge in [-0.1, -0.05) is 84.9 Å². The van der Waals surface area contributed by atoms with Crippen LogP contribution in [0.25, 0.3) is 11.1 Å². The number of halogens is 1. The van der Waals surface area contributed by atoms with Gasteiger partial charge in [0.25, 0.3) is 0 Å². The van der Waals surface area contributed by atoms with E-state index in [4.69, 9.17) is 0 Å². The van der Waals surface area contributed by atoms with Crippen molar-refractivity contribution in [1.82, 2.24) is 0 Å². The zero-order valence-corrected chi connectivity index (χ0v) is 15.9. The van der Waals surface area contributed by atoms with Crippen LogP contribution in [0, 0.1) is 28.5 Å². The van der Waals surface area contributed by atoms with Crippen molar-refractivity contribution in [2.24, 2.45) is 0 Å². The summed E-state index contributed by atoms with van der Waals surface area (Å²) < 4.78 is 15.6. The Kier molecular flexibility index (Phi) is 3.98. The lowest BCUT2D eigenvalue weighted by atomic mass is 9.66. The summed E-state index contributed by atoms with van der Waals surface area (Å²) in [6.07, 6.45) is 0. The highest BCUT2D eigenvalue weighted by Crippen LogP contribution is 2.57. The molecule has 0 N–H and O–H groups in total. The quantitative estimate of drug-likeness (QED) is 0.377. The molecule has 0 saturated heterocycles. The van der Waals surface area contributed by atoms with E-state index in [1.54, 1.807) is 0 Å². The van der Waals surface area contributed by atoms with Gasteiger partial charge in [0.05, 0.1) is 22.6 Å². The first-order valence-corrected chi connectivity index (χ1v) is 9.61. The fourth-order valence-corrected chi connectivity index (χ4v) is 4.78. The Morgan fingerprint density at radius 2 is 1.20 bits per heavy atom. The lowest BCUT2D eigenvalue weighted by Crippen LogP contribution is -2.29. The van der Waals surface area contributed by atoms with Crippen molar-refractivity contribution >= 4 is 0 Å². The molecular weight excluding hydrogens is 371 g/mol. The standard InChI is InChI=1S/C27H15FN2/c28-26-19(17-30)15-18(16-29)25-24(26)22-13-7-8-14-23(22)27(25,20-9-3-1-4-10-20)21-11-5-2-6-12-21/h1-15H. The summed E-state index contributed by atoms with van der Waals surface area (Å²) in [5, 5.41) is 19.5. The van der Waals surface area contributed by atoms with E-state index in [0.717, 1.165) is 16.7 Å². The molecule has 3 heteroatoms. The van der Waals surface area contributed by atoms with E-state index in [-0.39, 0.29) is 5.56 Å². The summed E-state index contributed by atoms with van der Waals surface area (Å²) in [7, 11) is 0. The van der Waals surface area contributed by atoms with Gasteiger partial charge in [0.2, 0.25) is 0 Å². The average molecular weight is 386 g/mol. The Labute approximate surface area is 174 Å². The van der Waals surface area contributed by atoms with Gasteiger partial charge in [0.1, 0.15) is 11.9 Å². The Morgan fingerprint density at radius 1 is 0.667 bits per heavy atom. The van der Waals surface area contributed by atoms with Gasteiger partial charge in [0, 0.05) is 11.1 Å². The normalized spacial score (nSPS) is 13.0. The number of hydrogen-bond donors (Lipinski definition) is 0. The first-order chi connectivity index (χ1) is 14.7. The molecule has 0 aliphatic heterocycles. The first kappa shape index (κ1) is 17.9. The Morgan fingerprint density at radius 3 is 1.77 bits per heavy atom. The van der Waals surface area contributed by atoms with Gasteiger partial charge >= 0.3 is 0 Å². The zero-order valence-electron chi connectivity index (χ0n) is 15.9. The number of nitriles is 2. The summed E-state index contributed by atoms with van der Waals surface area (Å²) in [5.41, 5.74) is 3.80. The van der Waals surface area contributed by atoms with Crippen LogP contribution >= 0.6 is 0 Å². The number of benzene rings is 4. The Hall–Kier alpha value is -4.21. The summed E-state index contributed by atoms with van der Waals surface area (Å²) in [6, 6.07) is 32.9. The number of fused-ring (bicyclic) bond motifs is 3. The fraction of sp³-hybridized carbons (Fsp3) is 0.0370. The maximum Gasteiger partial charge on any atom is 0.149 e. The molecule has 0 unspecified atom stereocenters. The van der Waals surface area contributed by atoms with Crippen molar-refractivity contribution in [1.29, 1.82) is 10.5 Å². The third-order valence-electron chi connectivity index (χ3n) is 5.89. The van der Waals surface area contributed by atoms with Crippen LogP contribution in [0.1, 0.15) is 33.4 Å². The highest BCUT2D eigenvalue weighted by Gasteiger charge is 2.49. The smallest absolute Gasteiger partial charge is 0.149 e. The molecule has 0 radical (unpaired) electrons. The highest BCUT2D eigenvalue weighted by molar-refractivity contribution is 5.89. The van der Waals surface area contributed by atoms with Gasteiger partial charge in [-0.05, 0) is 28.3 Å². The third kappa shape index (κ3) is 2.21. The molecule has 1 aliphatic rings. The predicted molar refractivity (Wildman–Crippen MR) is 113 cm³/mol. The number of nitrogens with zero attached hydrogens (tertiary/aromatic N) is 2. The van der Waals surface area contributed by atoms with Crippen molar-refractivity contribution in [2.45, 2.75) is 5.41 Å². The summed E-state index contributed by atoms with van der Waals surface area (Å²) >= 11 is 0. The van der Waals surface area contributed by atoms with Gasteiger partial charge in [-0.15, -0.1) is 0 Å². The van der Waals surface area contributed by atoms with Crippen molar-refractivity contribution in [3.05, 3.63) is 130 Å². The molecule has 5 rings (SSSR count). The monoisotopic (exact) mass is 386 g/mol. The maximum absolute atomic E-state index is 15.6. The van der Waals surface area contributed by atoms with E-state index >= 15 is 4.39 Å². The molecule has 0 spiro atoms. The molecule has 0 atom stereocenters. The minimum absolute atomic E-state index is 0.114. The molecule has 30 heavy (non-hydrogen) atoms. The predicted octanol–water partition coefficient (Wildman–Crippen LogP) is 5.93. The van der Waals surface area contributed by atoms with Gasteiger partial charge in [-0.2, -0.15) is 10.5 Å². The molecule has 140 valence electrons. The molecule has 4 aromatic carbocycles. The van der Waals surface area contributed by atoms with Crippen LogP contribution in [0.15, 0.2) is 91.0 Å².